The third-order valence-electron chi connectivity index (χ3n) is 2.63. The highest BCUT2D eigenvalue weighted by Crippen LogP contribution is 2.17. The topological polar surface area (TPSA) is 78.9 Å². The van der Waals surface area contributed by atoms with E-state index in [0.29, 0.717) is 0 Å². The highest BCUT2D eigenvalue weighted by atomic mass is 32.2. The Morgan fingerprint density at radius 1 is 1.32 bits per heavy atom. The summed E-state index contributed by atoms with van der Waals surface area (Å²) in [5.74, 6) is 0. The van der Waals surface area contributed by atoms with E-state index in [-0.39, 0.29) is 19.6 Å². The molecule has 19 heavy (non-hydrogen) atoms. The number of carbonyl (C=O) groups excluding carboxylic acids is 1. The van der Waals surface area contributed by atoms with E-state index in [2.05, 4.69) is 9.47 Å². The number of ether oxygens (including phenoxy) is 2. The van der Waals surface area contributed by atoms with E-state index in [1.54, 1.807) is 12.1 Å². The molecule has 104 valence electrons. The number of hydrogen-bond acceptors (Lipinski definition) is 6. The molecule has 0 saturated carbocycles. The van der Waals surface area contributed by atoms with Crippen molar-refractivity contribution in [1.29, 1.82) is 0 Å². The molecule has 7 heteroatoms. The van der Waals surface area contributed by atoms with Crippen LogP contribution in [0.3, 0.4) is 0 Å². The predicted molar refractivity (Wildman–Crippen MR) is 65.7 cm³/mol. The van der Waals surface area contributed by atoms with E-state index in [9.17, 15) is 13.2 Å². The number of cyclic esters (lactones) is 2. The lowest BCUT2D eigenvalue weighted by atomic mass is 10.2. The zero-order valence-electron chi connectivity index (χ0n) is 10.4. The van der Waals surface area contributed by atoms with Gasteiger partial charge in [0.1, 0.15) is 0 Å². The molecule has 2 rings (SSSR count). The van der Waals surface area contributed by atoms with Gasteiger partial charge in [-0.15, -0.1) is 0 Å². The van der Waals surface area contributed by atoms with E-state index in [1.807, 2.05) is 19.1 Å². The van der Waals surface area contributed by atoms with Gasteiger partial charge in [-0.25, -0.2) is 4.79 Å². The van der Waals surface area contributed by atoms with Crippen LogP contribution < -0.4 is 0 Å². The second kappa shape index (κ2) is 5.58. The lowest BCUT2D eigenvalue weighted by Crippen LogP contribution is -2.34. The van der Waals surface area contributed by atoms with Crippen LogP contribution >= 0.6 is 0 Å². The summed E-state index contributed by atoms with van der Waals surface area (Å²) < 4.78 is 37.6. The fraction of sp³-hybridized carbons (Fsp3) is 0.417. The van der Waals surface area contributed by atoms with Gasteiger partial charge in [0.25, 0.3) is 0 Å². The molecule has 6 nitrogen and oxygen atoms in total. The summed E-state index contributed by atoms with van der Waals surface area (Å²) in [6.07, 6.45) is -0.916. The van der Waals surface area contributed by atoms with Crippen molar-refractivity contribution in [2.75, 3.05) is 6.61 Å². The lowest BCUT2D eigenvalue weighted by Gasteiger charge is -2.21. The van der Waals surface area contributed by atoms with Crippen LogP contribution in [0.2, 0.25) is 0 Å². The van der Waals surface area contributed by atoms with Crippen molar-refractivity contribution >= 4 is 16.3 Å². The summed E-state index contributed by atoms with van der Waals surface area (Å²) in [7, 11) is -3.95. The largest absolute Gasteiger partial charge is 0.509 e. The summed E-state index contributed by atoms with van der Waals surface area (Å²) in [4.78, 5) is 10.9. The molecule has 1 aromatic carbocycles. The van der Waals surface area contributed by atoms with Gasteiger partial charge in [0.2, 0.25) is 5.44 Å². The van der Waals surface area contributed by atoms with Crippen LogP contribution in [-0.2, 0) is 30.4 Å². The molecule has 0 aliphatic carbocycles. The van der Waals surface area contributed by atoms with Gasteiger partial charge in [0, 0.05) is 6.42 Å². The van der Waals surface area contributed by atoms with Crippen LogP contribution in [0.5, 0.6) is 0 Å². The fourth-order valence-electron chi connectivity index (χ4n) is 1.55. The highest BCUT2D eigenvalue weighted by Gasteiger charge is 2.34. The maximum atomic E-state index is 11.8. The normalized spacial score (nSPS) is 19.6. The summed E-state index contributed by atoms with van der Waals surface area (Å²) in [6, 6.07) is 7.28. The Kier molecular flexibility index (Phi) is 4.06. The molecule has 1 aromatic rings. The number of hydrogen-bond donors (Lipinski definition) is 0. The Morgan fingerprint density at radius 2 is 2.00 bits per heavy atom. The molecule has 0 bridgehead atoms. The van der Waals surface area contributed by atoms with Crippen molar-refractivity contribution in [2.45, 2.75) is 25.4 Å². The van der Waals surface area contributed by atoms with Gasteiger partial charge < -0.3 is 9.47 Å². The molecule has 1 fully saturated rings. The minimum atomic E-state index is -3.95. The number of carbonyl (C=O) groups is 1. The van der Waals surface area contributed by atoms with Crippen LogP contribution in [-0.4, -0.2) is 26.6 Å². The van der Waals surface area contributed by atoms with Gasteiger partial charge in [-0.05, 0) is 12.5 Å². The molecule has 0 aromatic heterocycles. The summed E-state index contributed by atoms with van der Waals surface area (Å²) in [5.41, 5.74) is 0.511. The van der Waals surface area contributed by atoms with E-state index in [4.69, 9.17) is 4.18 Å². The van der Waals surface area contributed by atoms with Gasteiger partial charge in [0.15, 0.2) is 0 Å². The molecular weight excluding hydrogens is 272 g/mol. The minimum Gasteiger partial charge on any atom is -0.434 e. The van der Waals surface area contributed by atoms with Crippen molar-refractivity contribution in [3.63, 3.8) is 0 Å². The molecule has 1 unspecified atom stereocenters. The van der Waals surface area contributed by atoms with Crippen LogP contribution in [0.4, 0.5) is 4.79 Å². The second-order valence-electron chi connectivity index (χ2n) is 4.18. The lowest BCUT2D eigenvalue weighted by molar-refractivity contribution is 0.000633. The first kappa shape index (κ1) is 13.8. The molecule has 0 radical (unpaired) electrons. The first-order valence-electron chi connectivity index (χ1n) is 5.74. The summed E-state index contributed by atoms with van der Waals surface area (Å²) >= 11 is 0. The molecule has 0 spiro atoms. The molecule has 1 saturated heterocycles. The van der Waals surface area contributed by atoms with Crippen LogP contribution in [0.1, 0.15) is 17.5 Å². The zero-order chi connectivity index (χ0) is 13.9. The standard InChI is InChI=1S/C12H14O6S/c1-9-2-4-10(5-3-9)8-17-19(14,15)11-6-7-16-12(13)18-11/h2-5,11H,6-8H2,1H3. The molecule has 1 aliphatic heterocycles. The van der Waals surface area contributed by atoms with Gasteiger partial charge in [-0.2, -0.15) is 8.42 Å². The number of aryl methyl sites for hydroxylation is 1. The average molecular weight is 286 g/mol. The SMILES string of the molecule is Cc1ccc(COS(=O)(=O)C2CCOC(=O)O2)cc1. The third-order valence-corrected chi connectivity index (χ3v) is 4.06. The van der Waals surface area contributed by atoms with E-state index in [0.717, 1.165) is 11.1 Å². The smallest absolute Gasteiger partial charge is 0.434 e. The Labute approximate surface area is 111 Å². The van der Waals surface area contributed by atoms with Crippen molar-refractivity contribution < 1.29 is 26.9 Å². The number of benzene rings is 1. The highest BCUT2D eigenvalue weighted by molar-refractivity contribution is 7.87. The summed E-state index contributed by atoms with van der Waals surface area (Å²) in [6.45, 7) is 1.86. The van der Waals surface area contributed by atoms with E-state index in [1.165, 1.54) is 0 Å². The van der Waals surface area contributed by atoms with Crippen LogP contribution in [0, 0.1) is 6.92 Å². The van der Waals surface area contributed by atoms with Gasteiger partial charge in [0.05, 0.1) is 13.2 Å². The molecule has 1 atom stereocenters. The Balaban J connectivity index is 1.97. The maximum absolute atomic E-state index is 11.8. The average Bonchev–Trinajstić information content (AvgIpc) is 2.38. The van der Waals surface area contributed by atoms with Crippen LogP contribution in [0.15, 0.2) is 24.3 Å². The number of rotatable bonds is 4. The predicted octanol–water partition coefficient (Wildman–Crippen LogP) is 1.72. The van der Waals surface area contributed by atoms with Gasteiger partial charge >= 0.3 is 16.3 Å². The van der Waals surface area contributed by atoms with Crippen molar-refractivity contribution in [1.82, 2.24) is 0 Å². The van der Waals surface area contributed by atoms with Crippen molar-refractivity contribution in [3.8, 4) is 0 Å². The Bertz CT molecular complexity index is 548. The summed E-state index contributed by atoms with van der Waals surface area (Å²) in [5, 5.41) is 0. The quantitative estimate of drug-likeness (QED) is 0.619. The van der Waals surface area contributed by atoms with E-state index < -0.39 is 21.7 Å². The van der Waals surface area contributed by atoms with E-state index >= 15 is 0 Å². The first-order chi connectivity index (χ1) is 8.97. The molecule has 0 amide bonds. The van der Waals surface area contributed by atoms with Crippen molar-refractivity contribution in [3.05, 3.63) is 35.4 Å². The second-order valence-corrected chi connectivity index (χ2v) is 5.92. The Morgan fingerprint density at radius 3 is 2.63 bits per heavy atom. The minimum absolute atomic E-state index is 0.0105. The monoisotopic (exact) mass is 286 g/mol. The molecular formula is C12H14O6S. The molecule has 1 heterocycles. The van der Waals surface area contributed by atoms with Gasteiger partial charge in [-0.3, -0.25) is 4.18 Å². The van der Waals surface area contributed by atoms with Crippen LogP contribution in [0.25, 0.3) is 0 Å². The zero-order valence-corrected chi connectivity index (χ0v) is 11.2. The maximum Gasteiger partial charge on any atom is 0.509 e. The molecule has 0 N–H and O–H groups in total. The fourth-order valence-corrected chi connectivity index (χ4v) is 2.59. The Hall–Kier alpha value is -1.60. The first-order valence-corrected chi connectivity index (χ1v) is 7.22. The van der Waals surface area contributed by atoms with Gasteiger partial charge in [-0.1, -0.05) is 29.8 Å². The third kappa shape index (κ3) is 3.68. The molecule has 1 aliphatic rings. The van der Waals surface area contributed by atoms with Crippen molar-refractivity contribution in [2.24, 2.45) is 0 Å².